The first-order valence-corrected chi connectivity index (χ1v) is 8.39. The highest BCUT2D eigenvalue weighted by atomic mass is 35.5. The topological polar surface area (TPSA) is 50.5 Å². The molecular formula is C13H20ClNO3S. The molecule has 1 aliphatic heterocycles. The Morgan fingerprint density at radius 3 is 2.68 bits per heavy atom. The molecular weight excluding hydrogens is 286 g/mol. The summed E-state index contributed by atoms with van der Waals surface area (Å²) < 4.78 is 32.2. The fourth-order valence-electron chi connectivity index (χ4n) is 2.56. The number of alkyl halides is 1. The number of hydrogen-bond acceptors (Lipinski definition) is 3. The molecule has 0 spiro atoms. The number of piperidine rings is 1. The summed E-state index contributed by atoms with van der Waals surface area (Å²) in [5.74, 6) is 1.09. The fraction of sp³-hybridized carbons (Fsp3) is 0.692. The lowest BCUT2D eigenvalue weighted by Crippen LogP contribution is -2.43. The van der Waals surface area contributed by atoms with Gasteiger partial charge in [0.2, 0.25) is 10.0 Å². The van der Waals surface area contributed by atoms with E-state index in [4.69, 9.17) is 16.0 Å². The summed E-state index contributed by atoms with van der Waals surface area (Å²) in [4.78, 5) is 0.251. The van der Waals surface area contributed by atoms with E-state index in [9.17, 15) is 8.42 Å². The first kappa shape index (κ1) is 14.9. The number of halogens is 1. The number of sulfonamides is 1. The predicted molar refractivity (Wildman–Crippen MR) is 74.8 cm³/mol. The van der Waals surface area contributed by atoms with Crippen LogP contribution in [0.2, 0.25) is 0 Å². The molecule has 108 valence electrons. The van der Waals surface area contributed by atoms with Gasteiger partial charge in [0, 0.05) is 19.2 Å². The summed E-state index contributed by atoms with van der Waals surface area (Å²) in [5.41, 5.74) is 0.0261. The number of nitrogens with zero attached hydrogens (tertiary/aromatic N) is 1. The molecule has 1 fully saturated rings. The van der Waals surface area contributed by atoms with Crippen molar-refractivity contribution in [3.8, 4) is 0 Å². The van der Waals surface area contributed by atoms with Crippen molar-refractivity contribution in [3.05, 3.63) is 17.6 Å². The average Bonchev–Trinajstić information content (AvgIpc) is 2.70. The average molecular weight is 306 g/mol. The molecule has 1 aromatic heterocycles. The summed E-state index contributed by atoms with van der Waals surface area (Å²) in [7, 11) is -3.47. The number of aryl methyl sites for hydroxylation is 1. The Morgan fingerprint density at radius 1 is 1.47 bits per heavy atom. The molecule has 1 aliphatic rings. The molecule has 0 unspecified atom stereocenters. The van der Waals surface area contributed by atoms with Gasteiger partial charge in [-0.1, -0.05) is 13.8 Å². The summed E-state index contributed by atoms with van der Waals surface area (Å²) >= 11 is 5.69. The summed E-state index contributed by atoms with van der Waals surface area (Å²) in [6, 6.07) is 1.54. The molecule has 4 nitrogen and oxygen atoms in total. The van der Waals surface area contributed by atoms with Crippen LogP contribution in [0.3, 0.4) is 0 Å². The lowest BCUT2D eigenvalue weighted by molar-refractivity contribution is 0.187. The van der Waals surface area contributed by atoms with E-state index in [-0.39, 0.29) is 16.2 Å². The van der Waals surface area contributed by atoms with Gasteiger partial charge in [-0.25, -0.2) is 8.42 Å². The van der Waals surface area contributed by atoms with Crippen LogP contribution in [0.15, 0.2) is 15.4 Å². The van der Waals surface area contributed by atoms with E-state index in [0.717, 1.165) is 12.8 Å². The van der Waals surface area contributed by atoms with E-state index in [1.54, 1.807) is 17.3 Å². The van der Waals surface area contributed by atoms with Gasteiger partial charge in [-0.05, 0) is 25.2 Å². The lowest BCUT2D eigenvalue weighted by atomic mass is 9.85. The molecule has 2 heterocycles. The van der Waals surface area contributed by atoms with Gasteiger partial charge in [0.25, 0.3) is 0 Å². The summed E-state index contributed by atoms with van der Waals surface area (Å²) in [6.07, 6.45) is 1.95. The van der Waals surface area contributed by atoms with Gasteiger partial charge < -0.3 is 4.42 Å². The largest absolute Gasteiger partial charge is 0.464 e. The van der Waals surface area contributed by atoms with Crippen molar-refractivity contribution in [1.82, 2.24) is 4.31 Å². The molecule has 19 heavy (non-hydrogen) atoms. The molecule has 0 atom stereocenters. The summed E-state index contributed by atoms with van der Waals surface area (Å²) in [5, 5.41) is 0. The van der Waals surface area contributed by atoms with E-state index < -0.39 is 10.0 Å². The van der Waals surface area contributed by atoms with Crippen molar-refractivity contribution in [1.29, 1.82) is 0 Å². The van der Waals surface area contributed by atoms with Crippen LogP contribution in [0.4, 0.5) is 0 Å². The van der Waals surface area contributed by atoms with E-state index in [1.165, 1.54) is 0 Å². The maximum absolute atomic E-state index is 12.6. The quantitative estimate of drug-likeness (QED) is 0.806. The van der Waals surface area contributed by atoms with E-state index in [1.807, 2.05) is 0 Å². The van der Waals surface area contributed by atoms with Crippen molar-refractivity contribution in [2.75, 3.05) is 13.1 Å². The Bertz CT molecular complexity index is 562. The molecule has 0 aliphatic carbocycles. The normalized spacial score (nSPS) is 20.6. The van der Waals surface area contributed by atoms with Crippen LogP contribution in [0.5, 0.6) is 0 Å². The van der Waals surface area contributed by atoms with Crippen LogP contribution >= 0.6 is 11.6 Å². The second-order valence-corrected chi connectivity index (χ2v) is 8.05. The highest BCUT2D eigenvalue weighted by Crippen LogP contribution is 2.33. The van der Waals surface area contributed by atoms with E-state index >= 15 is 0 Å². The van der Waals surface area contributed by atoms with Gasteiger partial charge in [0.1, 0.15) is 16.4 Å². The number of rotatable bonds is 3. The van der Waals surface area contributed by atoms with Gasteiger partial charge in [-0.2, -0.15) is 4.31 Å². The van der Waals surface area contributed by atoms with Gasteiger partial charge in [-0.15, -0.1) is 11.6 Å². The van der Waals surface area contributed by atoms with Crippen LogP contribution in [-0.4, -0.2) is 25.8 Å². The molecule has 0 N–H and O–H groups in total. The predicted octanol–water partition coefficient (Wildman–Crippen LogP) is 3.14. The first-order valence-electron chi connectivity index (χ1n) is 6.42. The maximum Gasteiger partial charge on any atom is 0.246 e. The second-order valence-electron chi connectivity index (χ2n) is 5.87. The van der Waals surface area contributed by atoms with Gasteiger partial charge >= 0.3 is 0 Å². The zero-order valence-corrected chi connectivity index (χ0v) is 13.1. The molecule has 0 bridgehead atoms. The third-order valence-electron chi connectivity index (χ3n) is 3.54. The minimum absolute atomic E-state index is 0.0261. The first-order chi connectivity index (χ1) is 8.76. The Hall–Kier alpha value is -0.520. The van der Waals surface area contributed by atoms with E-state index in [0.29, 0.717) is 24.6 Å². The lowest BCUT2D eigenvalue weighted by Gasteiger charge is -2.37. The van der Waals surface area contributed by atoms with Gasteiger partial charge in [0.15, 0.2) is 0 Å². The highest BCUT2D eigenvalue weighted by Gasteiger charge is 2.35. The van der Waals surface area contributed by atoms with Crippen molar-refractivity contribution >= 4 is 21.6 Å². The monoisotopic (exact) mass is 305 g/mol. The molecule has 1 saturated heterocycles. The van der Waals surface area contributed by atoms with Crippen molar-refractivity contribution < 1.29 is 12.8 Å². The third kappa shape index (κ3) is 2.98. The molecule has 1 aromatic rings. The third-order valence-corrected chi connectivity index (χ3v) is 5.75. The van der Waals surface area contributed by atoms with Crippen LogP contribution < -0.4 is 0 Å². The standard InChI is InChI=1S/C13H20ClNO3S/c1-10-12(7-11(8-14)18-10)19(16,17)15-6-4-5-13(2,3)9-15/h7H,4-6,8-9H2,1-3H3. The second kappa shape index (κ2) is 5.11. The summed E-state index contributed by atoms with van der Waals surface area (Å²) in [6.45, 7) is 6.99. The number of hydrogen-bond donors (Lipinski definition) is 0. The SMILES string of the molecule is Cc1oc(CCl)cc1S(=O)(=O)N1CCCC(C)(C)C1. The van der Waals surface area contributed by atoms with Gasteiger partial charge in [-0.3, -0.25) is 0 Å². The molecule has 2 rings (SSSR count). The number of furan rings is 1. The van der Waals surface area contributed by atoms with Crippen molar-refractivity contribution in [2.24, 2.45) is 5.41 Å². The fourth-order valence-corrected chi connectivity index (χ4v) is 4.54. The van der Waals surface area contributed by atoms with Crippen LogP contribution in [0, 0.1) is 12.3 Å². The zero-order chi connectivity index (χ0) is 14.3. The maximum atomic E-state index is 12.6. The van der Waals surface area contributed by atoms with E-state index in [2.05, 4.69) is 13.8 Å². The van der Waals surface area contributed by atoms with Crippen molar-refractivity contribution in [2.45, 2.75) is 44.4 Å². The zero-order valence-electron chi connectivity index (χ0n) is 11.6. The van der Waals surface area contributed by atoms with Gasteiger partial charge in [0.05, 0.1) is 5.88 Å². The van der Waals surface area contributed by atoms with Crippen LogP contribution in [0.1, 0.15) is 38.2 Å². The smallest absolute Gasteiger partial charge is 0.246 e. The molecule has 0 radical (unpaired) electrons. The Labute approximate surface area is 119 Å². The Balaban J connectivity index is 2.34. The molecule has 6 heteroatoms. The Morgan fingerprint density at radius 2 is 2.16 bits per heavy atom. The van der Waals surface area contributed by atoms with Crippen LogP contribution in [-0.2, 0) is 15.9 Å². The minimum Gasteiger partial charge on any atom is -0.464 e. The molecule has 0 aromatic carbocycles. The van der Waals surface area contributed by atoms with Crippen LogP contribution in [0.25, 0.3) is 0 Å². The molecule has 0 amide bonds. The highest BCUT2D eigenvalue weighted by molar-refractivity contribution is 7.89. The van der Waals surface area contributed by atoms with Crippen molar-refractivity contribution in [3.63, 3.8) is 0 Å². The molecule has 0 saturated carbocycles. The Kier molecular flexibility index (Phi) is 4.00. The minimum atomic E-state index is -3.47.